The lowest BCUT2D eigenvalue weighted by molar-refractivity contribution is 0.0915. The van der Waals surface area contributed by atoms with Crippen LogP contribution in [0.25, 0.3) is 0 Å². The topological polar surface area (TPSA) is 92.3 Å². The van der Waals surface area contributed by atoms with Crippen LogP contribution >= 0.6 is 0 Å². The van der Waals surface area contributed by atoms with Gasteiger partial charge in [0.15, 0.2) is 6.61 Å². The first-order chi connectivity index (χ1) is 14.4. The van der Waals surface area contributed by atoms with Crippen molar-refractivity contribution in [3.63, 3.8) is 0 Å². The number of nitrogens with zero attached hydrogens (tertiary/aromatic N) is 2. The van der Waals surface area contributed by atoms with Gasteiger partial charge in [0.1, 0.15) is 17.4 Å². The third-order valence-corrected chi connectivity index (χ3v) is 5.15. The summed E-state index contributed by atoms with van der Waals surface area (Å²) in [5.74, 6) is -0.431. The molecule has 3 rings (SSSR count). The SMILES string of the molecule is Cc1ccccc1OCC(=O)c1c(C)c(C#N)c(=O)n(C(C)c2ccccc2)c1O. The van der Waals surface area contributed by atoms with Crippen molar-refractivity contribution < 1.29 is 14.6 Å². The molecule has 2 aromatic carbocycles. The molecule has 0 saturated heterocycles. The van der Waals surface area contributed by atoms with Gasteiger partial charge in [0.05, 0.1) is 11.6 Å². The maximum atomic E-state index is 13.0. The highest BCUT2D eigenvalue weighted by molar-refractivity contribution is 6.01. The van der Waals surface area contributed by atoms with Crippen LogP contribution in [-0.2, 0) is 0 Å². The maximum absolute atomic E-state index is 13.0. The van der Waals surface area contributed by atoms with Gasteiger partial charge in [-0.15, -0.1) is 0 Å². The summed E-state index contributed by atoms with van der Waals surface area (Å²) in [4.78, 5) is 25.8. The molecule has 0 aliphatic heterocycles. The predicted octanol–water partition coefficient (Wildman–Crippen LogP) is 3.91. The molecule has 3 aromatic rings. The van der Waals surface area contributed by atoms with Gasteiger partial charge in [0, 0.05) is 0 Å². The Morgan fingerprint density at radius 1 is 1.13 bits per heavy atom. The molecule has 1 N–H and O–H groups in total. The maximum Gasteiger partial charge on any atom is 0.272 e. The number of benzene rings is 2. The third kappa shape index (κ3) is 3.83. The molecule has 1 unspecified atom stereocenters. The first-order valence-corrected chi connectivity index (χ1v) is 9.51. The lowest BCUT2D eigenvalue weighted by atomic mass is 10.00. The van der Waals surface area contributed by atoms with Gasteiger partial charge < -0.3 is 9.84 Å². The Morgan fingerprint density at radius 3 is 2.40 bits per heavy atom. The van der Waals surface area contributed by atoms with Gasteiger partial charge in [-0.3, -0.25) is 14.2 Å². The largest absolute Gasteiger partial charge is 0.494 e. The molecule has 1 heterocycles. The smallest absolute Gasteiger partial charge is 0.272 e. The molecule has 0 aliphatic rings. The molecule has 0 radical (unpaired) electrons. The number of nitriles is 1. The van der Waals surface area contributed by atoms with Crippen LogP contribution in [0.3, 0.4) is 0 Å². The molecular formula is C24H22N2O4. The molecule has 0 bridgehead atoms. The van der Waals surface area contributed by atoms with E-state index in [1.165, 1.54) is 6.92 Å². The third-order valence-electron chi connectivity index (χ3n) is 5.15. The van der Waals surface area contributed by atoms with E-state index in [2.05, 4.69) is 0 Å². The number of ether oxygens (including phenoxy) is 1. The van der Waals surface area contributed by atoms with E-state index in [1.54, 1.807) is 19.1 Å². The highest BCUT2D eigenvalue weighted by Crippen LogP contribution is 2.28. The van der Waals surface area contributed by atoms with Gasteiger partial charge in [-0.1, -0.05) is 48.5 Å². The predicted molar refractivity (Wildman–Crippen MR) is 113 cm³/mol. The Labute approximate surface area is 174 Å². The average molecular weight is 402 g/mol. The Balaban J connectivity index is 2.06. The zero-order valence-electron chi connectivity index (χ0n) is 17.0. The number of para-hydroxylation sites is 1. The summed E-state index contributed by atoms with van der Waals surface area (Å²) in [5, 5.41) is 20.4. The van der Waals surface area contributed by atoms with Crippen LogP contribution in [-0.4, -0.2) is 22.1 Å². The Bertz CT molecular complexity index is 1190. The van der Waals surface area contributed by atoms with Crippen LogP contribution in [0.15, 0.2) is 59.4 Å². The molecule has 6 heteroatoms. The van der Waals surface area contributed by atoms with Crippen LogP contribution in [0.4, 0.5) is 0 Å². The van der Waals surface area contributed by atoms with Gasteiger partial charge in [0.2, 0.25) is 11.7 Å². The molecule has 0 spiro atoms. The fourth-order valence-electron chi connectivity index (χ4n) is 3.43. The van der Waals surface area contributed by atoms with Gasteiger partial charge in [-0.25, -0.2) is 0 Å². The van der Waals surface area contributed by atoms with Crippen molar-refractivity contribution >= 4 is 5.78 Å². The van der Waals surface area contributed by atoms with E-state index in [0.29, 0.717) is 5.75 Å². The molecular weight excluding hydrogens is 380 g/mol. The van der Waals surface area contributed by atoms with Crippen molar-refractivity contribution in [1.29, 1.82) is 5.26 Å². The molecule has 1 aromatic heterocycles. The molecule has 1 atom stereocenters. The summed E-state index contributed by atoms with van der Waals surface area (Å²) < 4.78 is 6.71. The number of aromatic hydroxyl groups is 1. The fourth-order valence-corrected chi connectivity index (χ4v) is 3.43. The second-order valence-electron chi connectivity index (χ2n) is 7.05. The zero-order valence-corrected chi connectivity index (χ0v) is 17.0. The van der Waals surface area contributed by atoms with Crippen molar-refractivity contribution in [2.75, 3.05) is 6.61 Å². The summed E-state index contributed by atoms with van der Waals surface area (Å²) in [6.07, 6.45) is 0. The number of ketones is 1. The quantitative estimate of drug-likeness (QED) is 0.631. The second kappa shape index (κ2) is 8.66. The minimum absolute atomic E-state index is 0.0810. The lowest BCUT2D eigenvalue weighted by Crippen LogP contribution is -2.30. The van der Waals surface area contributed by atoms with Crippen LogP contribution in [0.5, 0.6) is 11.6 Å². The molecule has 0 aliphatic carbocycles. The minimum atomic E-state index is -0.639. The van der Waals surface area contributed by atoms with Gasteiger partial charge in [-0.2, -0.15) is 5.26 Å². The number of carbonyl (C=O) groups excluding carboxylic acids is 1. The first kappa shape index (κ1) is 20.9. The van der Waals surface area contributed by atoms with Crippen LogP contribution in [0, 0.1) is 25.2 Å². The van der Waals surface area contributed by atoms with E-state index >= 15 is 0 Å². The number of rotatable bonds is 6. The standard InChI is InChI=1S/C24H22N2O4/c1-15-9-7-8-12-21(15)30-14-20(27)22-16(2)19(13-25)23(28)26(24(22)29)17(3)18-10-5-4-6-11-18/h4-12,17,29H,14H2,1-3H3. The summed E-state index contributed by atoms with van der Waals surface area (Å²) in [7, 11) is 0. The summed E-state index contributed by atoms with van der Waals surface area (Å²) in [5.41, 5.74) is 0.885. The number of hydrogen-bond donors (Lipinski definition) is 1. The molecule has 6 nitrogen and oxygen atoms in total. The lowest BCUT2D eigenvalue weighted by Gasteiger charge is -2.21. The monoisotopic (exact) mass is 402 g/mol. The van der Waals surface area contributed by atoms with Crippen molar-refractivity contribution in [1.82, 2.24) is 4.57 Å². The van der Waals surface area contributed by atoms with Crippen molar-refractivity contribution in [3.05, 3.63) is 92.8 Å². The van der Waals surface area contributed by atoms with Crippen LogP contribution < -0.4 is 10.3 Å². The normalized spacial score (nSPS) is 11.5. The molecule has 152 valence electrons. The summed E-state index contributed by atoms with van der Waals surface area (Å²) in [6, 6.07) is 17.7. The van der Waals surface area contributed by atoms with Crippen LogP contribution in [0.2, 0.25) is 0 Å². The Morgan fingerprint density at radius 2 is 1.77 bits per heavy atom. The van der Waals surface area contributed by atoms with E-state index in [4.69, 9.17) is 4.74 Å². The van der Waals surface area contributed by atoms with Gasteiger partial charge in [0.25, 0.3) is 5.56 Å². The first-order valence-electron chi connectivity index (χ1n) is 9.51. The minimum Gasteiger partial charge on any atom is -0.494 e. The number of aryl methyl sites for hydroxylation is 1. The van der Waals surface area contributed by atoms with E-state index in [0.717, 1.165) is 15.7 Å². The Hall–Kier alpha value is -3.85. The second-order valence-corrected chi connectivity index (χ2v) is 7.05. The molecule has 0 saturated carbocycles. The van der Waals surface area contributed by atoms with Crippen molar-refractivity contribution in [3.8, 4) is 17.7 Å². The van der Waals surface area contributed by atoms with Crippen LogP contribution in [0.1, 0.15) is 45.6 Å². The highest BCUT2D eigenvalue weighted by atomic mass is 16.5. The summed E-state index contributed by atoms with van der Waals surface area (Å²) >= 11 is 0. The summed E-state index contributed by atoms with van der Waals surface area (Å²) in [6.45, 7) is 4.74. The Kier molecular flexibility index (Phi) is 6.03. The number of carbonyl (C=O) groups is 1. The average Bonchev–Trinajstić information content (AvgIpc) is 2.74. The number of pyridine rings is 1. The van der Waals surface area contributed by atoms with Crippen molar-refractivity contribution in [2.24, 2.45) is 0 Å². The van der Waals surface area contributed by atoms with E-state index in [-0.39, 0.29) is 23.3 Å². The number of aromatic nitrogens is 1. The highest BCUT2D eigenvalue weighted by Gasteiger charge is 2.26. The van der Waals surface area contributed by atoms with Crippen molar-refractivity contribution in [2.45, 2.75) is 26.8 Å². The van der Waals surface area contributed by atoms with Gasteiger partial charge >= 0.3 is 0 Å². The van der Waals surface area contributed by atoms with E-state index < -0.39 is 23.3 Å². The molecule has 30 heavy (non-hydrogen) atoms. The van der Waals surface area contributed by atoms with E-state index in [9.17, 15) is 20.0 Å². The number of Topliss-reactive ketones (excluding diaryl/α,β-unsaturated/α-hetero) is 1. The zero-order chi connectivity index (χ0) is 21.8. The van der Waals surface area contributed by atoms with Gasteiger partial charge in [-0.05, 0) is 43.5 Å². The molecule has 0 fully saturated rings. The van der Waals surface area contributed by atoms with E-state index in [1.807, 2.05) is 55.5 Å². The fraction of sp³-hybridized carbons (Fsp3) is 0.208. The molecule has 0 amide bonds. The number of hydrogen-bond acceptors (Lipinski definition) is 5.